The zero-order chi connectivity index (χ0) is 24.7. The Hall–Kier alpha value is -3.26. The summed E-state index contributed by atoms with van der Waals surface area (Å²) in [6.45, 7) is 10.4. The fraction of sp³-hybridized carbons (Fsp3) is 0.481. The molecule has 3 atom stereocenters. The average molecular weight is 475 g/mol. The molecule has 0 radical (unpaired) electrons. The van der Waals surface area contributed by atoms with Gasteiger partial charge in [-0.1, -0.05) is 19.9 Å². The predicted octanol–water partition coefficient (Wildman–Crippen LogP) is 4.15. The fourth-order valence-corrected chi connectivity index (χ4v) is 4.76. The summed E-state index contributed by atoms with van der Waals surface area (Å²) in [4.78, 5) is 24.4. The lowest BCUT2D eigenvalue weighted by atomic mass is 9.76. The van der Waals surface area contributed by atoms with E-state index >= 15 is 0 Å². The van der Waals surface area contributed by atoms with Crippen LogP contribution in [0.5, 0.6) is 0 Å². The Labute approximate surface area is 206 Å². The molecule has 0 bridgehead atoms. The van der Waals surface area contributed by atoms with Crippen LogP contribution in [0.1, 0.15) is 49.8 Å². The van der Waals surface area contributed by atoms with Crippen LogP contribution >= 0.6 is 0 Å². The first kappa shape index (κ1) is 23.5. The molecule has 1 saturated heterocycles. The molecule has 3 aromatic heterocycles. The maximum atomic E-state index is 13.1. The average Bonchev–Trinajstić information content (AvgIpc) is 3.51. The number of pyridine rings is 2. The van der Waals surface area contributed by atoms with Crippen LogP contribution in [0.15, 0.2) is 42.7 Å². The topological polar surface area (TPSA) is 96.2 Å². The molecule has 1 aliphatic heterocycles. The Morgan fingerprint density at radius 2 is 1.91 bits per heavy atom. The number of nitrogens with zero attached hydrogens (tertiary/aromatic N) is 5. The number of carbonyl (C=O) groups is 1. The molecule has 1 amide bonds. The Balaban J connectivity index is 1.32. The first-order chi connectivity index (χ1) is 16.7. The zero-order valence-electron chi connectivity index (χ0n) is 20.9. The van der Waals surface area contributed by atoms with Crippen molar-refractivity contribution >= 4 is 17.4 Å². The zero-order valence-corrected chi connectivity index (χ0v) is 20.9. The van der Waals surface area contributed by atoms with E-state index in [1.165, 1.54) is 12.8 Å². The van der Waals surface area contributed by atoms with Crippen molar-refractivity contribution < 1.29 is 9.90 Å². The van der Waals surface area contributed by atoms with Crippen molar-refractivity contribution in [1.82, 2.24) is 19.7 Å². The standard InChI is InChI=1S/C27H34N6O2/c1-17-13-32(14-18(2)27(17,4)35)22-10-19(3)29-25(11-22)31-26(34)24-7-5-6-23(30-24)21-12-28-33(16-21)15-20-8-9-20/h5-7,10-12,16-18,20,35H,8-9,13-15H2,1-4H3,(H,29,31,34)/t17-,18+,27?. The molecule has 184 valence electrons. The number of anilines is 2. The number of piperidine rings is 1. The second-order valence-corrected chi connectivity index (χ2v) is 10.5. The number of carbonyl (C=O) groups excluding carboxylic acids is 1. The molecule has 4 heterocycles. The summed E-state index contributed by atoms with van der Waals surface area (Å²) < 4.78 is 1.96. The van der Waals surface area contributed by atoms with Gasteiger partial charge in [-0.25, -0.2) is 9.97 Å². The second-order valence-electron chi connectivity index (χ2n) is 10.5. The van der Waals surface area contributed by atoms with Crippen LogP contribution in [0.3, 0.4) is 0 Å². The molecule has 35 heavy (non-hydrogen) atoms. The van der Waals surface area contributed by atoms with Gasteiger partial charge in [0, 0.05) is 60.7 Å². The van der Waals surface area contributed by atoms with Gasteiger partial charge in [0.25, 0.3) is 5.91 Å². The van der Waals surface area contributed by atoms with Crippen molar-refractivity contribution in [2.24, 2.45) is 17.8 Å². The van der Waals surface area contributed by atoms with Gasteiger partial charge in [-0.15, -0.1) is 0 Å². The minimum atomic E-state index is -0.694. The molecule has 1 aliphatic carbocycles. The van der Waals surface area contributed by atoms with Crippen LogP contribution in [0.2, 0.25) is 0 Å². The van der Waals surface area contributed by atoms with E-state index in [0.29, 0.717) is 11.5 Å². The van der Waals surface area contributed by atoms with Gasteiger partial charge in [0.2, 0.25) is 0 Å². The Morgan fingerprint density at radius 1 is 1.17 bits per heavy atom. The Kier molecular flexibility index (Phi) is 6.09. The molecule has 0 spiro atoms. The number of nitrogens with one attached hydrogen (secondary N) is 1. The van der Waals surface area contributed by atoms with Gasteiger partial charge in [-0.05, 0) is 50.8 Å². The third-order valence-corrected chi connectivity index (χ3v) is 7.58. The van der Waals surface area contributed by atoms with Crippen LogP contribution in [-0.2, 0) is 6.54 Å². The van der Waals surface area contributed by atoms with Crippen molar-refractivity contribution in [3.8, 4) is 11.3 Å². The second kappa shape index (κ2) is 9.07. The highest BCUT2D eigenvalue weighted by Gasteiger charge is 2.40. The van der Waals surface area contributed by atoms with E-state index in [2.05, 4.69) is 39.1 Å². The van der Waals surface area contributed by atoms with E-state index in [1.54, 1.807) is 12.3 Å². The summed E-state index contributed by atoms with van der Waals surface area (Å²) in [6, 6.07) is 9.36. The molecule has 2 N–H and O–H groups in total. The highest BCUT2D eigenvalue weighted by Crippen LogP contribution is 2.35. The van der Waals surface area contributed by atoms with E-state index in [1.807, 2.05) is 49.0 Å². The number of amides is 1. The maximum Gasteiger partial charge on any atom is 0.275 e. The molecule has 3 aromatic rings. The summed E-state index contributed by atoms with van der Waals surface area (Å²) in [6.07, 6.45) is 6.34. The lowest BCUT2D eigenvalue weighted by molar-refractivity contribution is -0.0503. The number of hydrogen-bond donors (Lipinski definition) is 2. The Bertz CT molecular complexity index is 1220. The van der Waals surface area contributed by atoms with E-state index in [0.717, 1.165) is 48.2 Å². The van der Waals surface area contributed by atoms with Gasteiger partial charge in [0.1, 0.15) is 11.5 Å². The smallest absolute Gasteiger partial charge is 0.275 e. The van der Waals surface area contributed by atoms with E-state index in [-0.39, 0.29) is 17.7 Å². The van der Waals surface area contributed by atoms with Gasteiger partial charge in [-0.3, -0.25) is 9.48 Å². The van der Waals surface area contributed by atoms with Crippen molar-refractivity contribution in [2.75, 3.05) is 23.3 Å². The number of hydrogen-bond acceptors (Lipinski definition) is 6. The van der Waals surface area contributed by atoms with Gasteiger partial charge in [0.05, 0.1) is 17.5 Å². The first-order valence-electron chi connectivity index (χ1n) is 12.5. The molecule has 2 aliphatic rings. The minimum Gasteiger partial charge on any atom is -0.389 e. The van der Waals surface area contributed by atoms with Crippen molar-refractivity contribution in [3.63, 3.8) is 0 Å². The van der Waals surface area contributed by atoms with E-state index in [4.69, 9.17) is 0 Å². The van der Waals surface area contributed by atoms with E-state index < -0.39 is 5.60 Å². The Morgan fingerprint density at radius 3 is 2.63 bits per heavy atom. The normalized spacial score (nSPS) is 24.4. The van der Waals surface area contributed by atoms with Crippen LogP contribution in [0.25, 0.3) is 11.3 Å². The first-order valence-corrected chi connectivity index (χ1v) is 12.5. The van der Waals surface area contributed by atoms with Crippen LogP contribution in [0, 0.1) is 24.7 Å². The monoisotopic (exact) mass is 474 g/mol. The summed E-state index contributed by atoms with van der Waals surface area (Å²) in [5, 5.41) is 18.1. The SMILES string of the molecule is Cc1cc(N2C[C@@H](C)C(C)(O)[C@@H](C)C2)cc(NC(=O)c2cccc(-c3cnn(CC4CC4)c3)n2)n1. The molecule has 1 unspecified atom stereocenters. The molecule has 1 saturated carbocycles. The summed E-state index contributed by atoms with van der Waals surface area (Å²) in [5.41, 5.74) is 3.08. The lowest BCUT2D eigenvalue weighted by Crippen LogP contribution is -2.54. The van der Waals surface area contributed by atoms with Crippen LogP contribution < -0.4 is 10.2 Å². The third-order valence-electron chi connectivity index (χ3n) is 7.58. The molecular formula is C27H34N6O2. The van der Waals surface area contributed by atoms with Gasteiger partial charge in [-0.2, -0.15) is 5.10 Å². The van der Waals surface area contributed by atoms with Crippen molar-refractivity contribution in [2.45, 2.75) is 52.7 Å². The number of aliphatic hydroxyl groups is 1. The molecular weight excluding hydrogens is 440 g/mol. The molecule has 8 heteroatoms. The van der Waals surface area contributed by atoms with Gasteiger partial charge in [0.15, 0.2) is 0 Å². The molecule has 2 fully saturated rings. The van der Waals surface area contributed by atoms with Crippen LogP contribution in [0.4, 0.5) is 11.5 Å². The van der Waals surface area contributed by atoms with Crippen molar-refractivity contribution in [1.29, 1.82) is 0 Å². The molecule has 0 aromatic carbocycles. The minimum absolute atomic E-state index is 0.123. The fourth-order valence-electron chi connectivity index (χ4n) is 4.76. The van der Waals surface area contributed by atoms with Crippen molar-refractivity contribution in [3.05, 3.63) is 54.1 Å². The summed E-state index contributed by atoms with van der Waals surface area (Å²) in [5.74, 6) is 1.18. The van der Waals surface area contributed by atoms with Gasteiger partial charge < -0.3 is 15.3 Å². The number of aromatic nitrogens is 4. The lowest BCUT2D eigenvalue weighted by Gasteiger charge is -2.46. The number of aryl methyl sites for hydroxylation is 1. The highest BCUT2D eigenvalue weighted by atomic mass is 16.3. The maximum absolute atomic E-state index is 13.1. The summed E-state index contributed by atoms with van der Waals surface area (Å²) in [7, 11) is 0. The largest absolute Gasteiger partial charge is 0.389 e. The molecule has 5 rings (SSSR count). The van der Waals surface area contributed by atoms with Gasteiger partial charge >= 0.3 is 0 Å². The molecule has 8 nitrogen and oxygen atoms in total. The highest BCUT2D eigenvalue weighted by molar-refractivity contribution is 6.02. The predicted molar refractivity (Wildman–Crippen MR) is 136 cm³/mol. The number of rotatable bonds is 6. The van der Waals surface area contributed by atoms with Crippen LogP contribution in [-0.4, -0.2) is 49.5 Å². The quantitative estimate of drug-likeness (QED) is 0.557. The van der Waals surface area contributed by atoms with E-state index in [9.17, 15) is 9.90 Å². The third kappa shape index (κ3) is 5.07. The summed E-state index contributed by atoms with van der Waals surface area (Å²) >= 11 is 0.